The van der Waals surface area contributed by atoms with E-state index in [0.29, 0.717) is 30.4 Å². The molecule has 144 valence electrons. The van der Waals surface area contributed by atoms with Crippen LogP contribution in [0.2, 0.25) is 0 Å². The number of nitrogens with zero attached hydrogens (tertiary/aromatic N) is 1. The summed E-state index contributed by atoms with van der Waals surface area (Å²) in [4.78, 5) is 15.4. The third kappa shape index (κ3) is 6.97. The molecule has 0 aliphatic rings. The fourth-order valence-electron chi connectivity index (χ4n) is 2.40. The van der Waals surface area contributed by atoms with Crippen molar-refractivity contribution in [1.82, 2.24) is 10.6 Å². The molecule has 0 spiro atoms. The molecule has 2 aromatic carbocycles. The second kappa shape index (κ2) is 10.2. The summed E-state index contributed by atoms with van der Waals surface area (Å²) >= 11 is 0. The van der Waals surface area contributed by atoms with Gasteiger partial charge in [0.05, 0.1) is 6.54 Å². The van der Waals surface area contributed by atoms with E-state index in [4.69, 9.17) is 10.5 Å². The second-order valence-corrected chi connectivity index (χ2v) is 6.03. The first-order chi connectivity index (χ1) is 13.0. The molecule has 0 aromatic heterocycles. The van der Waals surface area contributed by atoms with Crippen LogP contribution in [0.3, 0.4) is 0 Å². The van der Waals surface area contributed by atoms with Gasteiger partial charge in [-0.25, -0.2) is 9.38 Å². The van der Waals surface area contributed by atoms with E-state index in [1.165, 1.54) is 6.07 Å². The minimum atomic E-state index is -0.520. The molecule has 0 aliphatic heterocycles. The van der Waals surface area contributed by atoms with Crippen molar-refractivity contribution >= 4 is 11.9 Å². The molecule has 0 saturated heterocycles. The van der Waals surface area contributed by atoms with Crippen LogP contribution in [0.15, 0.2) is 47.5 Å². The molecular weight excluding hydrogens is 347 g/mol. The van der Waals surface area contributed by atoms with Crippen molar-refractivity contribution in [3.8, 4) is 5.75 Å². The highest BCUT2D eigenvalue weighted by Crippen LogP contribution is 2.14. The van der Waals surface area contributed by atoms with E-state index in [-0.39, 0.29) is 12.4 Å². The lowest BCUT2D eigenvalue weighted by Crippen LogP contribution is -2.36. The first kappa shape index (κ1) is 20.2. The van der Waals surface area contributed by atoms with Gasteiger partial charge in [0.1, 0.15) is 11.6 Å². The summed E-state index contributed by atoms with van der Waals surface area (Å²) in [6.07, 6.45) is 0. The Labute approximate surface area is 158 Å². The summed E-state index contributed by atoms with van der Waals surface area (Å²) in [5.41, 5.74) is 7.61. The SMILES string of the molecule is CCNC(=NCc1cccc(OCC(N)=O)c1)NCc1ccc(F)c(C)c1. The molecule has 0 fully saturated rings. The summed E-state index contributed by atoms with van der Waals surface area (Å²) in [5.74, 6) is 0.495. The molecule has 7 heteroatoms. The monoisotopic (exact) mass is 372 g/mol. The number of hydrogen-bond donors (Lipinski definition) is 3. The van der Waals surface area contributed by atoms with E-state index in [2.05, 4.69) is 15.6 Å². The van der Waals surface area contributed by atoms with Crippen molar-refractivity contribution < 1.29 is 13.9 Å². The van der Waals surface area contributed by atoms with Crippen LogP contribution in [-0.2, 0) is 17.9 Å². The Morgan fingerprint density at radius 2 is 2.00 bits per heavy atom. The van der Waals surface area contributed by atoms with Gasteiger partial charge in [0.2, 0.25) is 0 Å². The Morgan fingerprint density at radius 3 is 2.70 bits per heavy atom. The number of nitrogens with two attached hydrogens (primary N) is 1. The van der Waals surface area contributed by atoms with Gasteiger partial charge in [0.25, 0.3) is 5.91 Å². The van der Waals surface area contributed by atoms with Gasteiger partial charge >= 0.3 is 0 Å². The number of ether oxygens (including phenoxy) is 1. The minimum Gasteiger partial charge on any atom is -0.484 e. The number of halogens is 1. The summed E-state index contributed by atoms with van der Waals surface area (Å²) in [6, 6.07) is 12.4. The van der Waals surface area contributed by atoms with Crippen LogP contribution in [-0.4, -0.2) is 25.0 Å². The van der Waals surface area contributed by atoms with Crippen LogP contribution in [0, 0.1) is 12.7 Å². The number of carbonyl (C=O) groups excluding carboxylic acids is 1. The Balaban J connectivity index is 1.98. The van der Waals surface area contributed by atoms with E-state index in [1.54, 1.807) is 19.1 Å². The molecule has 6 nitrogen and oxygen atoms in total. The van der Waals surface area contributed by atoms with Crippen LogP contribution in [0.25, 0.3) is 0 Å². The number of aryl methyl sites for hydroxylation is 1. The maximum absolute atomic E-state index is 13.4. The molecule has 0 saturated carbocycles. The van der Waals surface area contributed by atoms with Crippen molar-refractivity contribution in [2.45, 2.75) is 26.9 Å². The van der Waals surface area contributed by atoms with Crippen molar-refractivity contribution in [2.24, 2.45) is 10.7 Å². The molecule has 0 radical (unpaired) electrons. The van der Waals surface area contributed by atoms with Crippen molar-refractivity contribution in [1.29, 1.82) is 0 Å². The van der Waals surface area contributed by atoms with Gasteiger partial charge in [-0.1, -0.05) is 24.3 Å². The molecule has 2 aromatic rings. The van der Waals surface area contributed by atoms with E-state index < -0.39 is 5.91 Å². The Bertz CT molecular complexity index is 808. The van der Waals surface area contributed by atoms with Crippen LogP contribution in [0.5, 0.6) is 5.75 Å². The van der Waals surface area contributed by atoms with Crippen LogP contribution < -0.4 is 21.1 Å². The first-order valence-electron chi connectivity index (χ1n) is 8.75. The molecule has 0 unspecified atom stereocenters. The lowest BCUT2D eigenvalue weighted by molar-refractivity contribution is -0.119. The van der Waals surface area contributed by atoms with Crippen molar-refractivity contribution in [2.75, 3.05) is 13.2 Å². The predicted octanol–water partition coefficient (Wildman–Crippen LogP) is 2.25. The quantitative estimate of drug-likeness (QED) is 0.490. The number of nitrogens with one attached hydrogen (secondary N) is 2. The van der Waals surface area contributed by atoms with Gasteiger partial charge < -0.3 is 21.1 Å². The van der Waals surface area contributed by atoms with E-state index in [9.17, 15) is 9.18 Å². The van der Waals surface area contributed by atoms with Crippen LogP contribution in [0.1, 0.15) is 23.6 Å². The highest BCUT2D eigenvalue weighted by atomic mass is 19.1. The van der Waals surface area contributed by atoms with E-state index >= 15 is 0 Å². The number of hydrogen-bond acceptors (Lipinski definition) is 3. The molecular formula is C20H25FN4O2. The number of guanidine groups is 1. The summed E-state index contributed by atoms with van der Waals surface area (Å²) in [5, 5.41) is 6.41. The third-order valence-corrected chi connectivity index (χ3v) is 3.73. The maximum atomic E-state index is 13.4. The van der Waals surface area contributed by atoms with E-state index in [0.717, 1.165) is 17.7 Å². The average Bonchev–Trinajstić information content (AvgIpc) is 2.65. The second-order valence-electron chi connectivity index (χ2n) is 6.03. The average molecular weight is 372 g/mol. The van der Waals surface area contributed by atoms with Gasteiger partial charge in [-0.05, 0) is 48.7 Å². The van der Waals surface area contributed by atoms with Gasteiger partial charge in [-0.2, -0.15) is 0 Å². The van der Waals surface area contributed by atoms with E-state index in [1.807, 2.05) is 31.2 Å². The standard InChI is InChI=1S/C20H25FN4O2/c1-3-23-20(25-12-16-7-8-18(21)14(2)9-16)24-11-15-5-4-6-17(10-15)27-13-19(22)26/h4-10H,3,11-13H2,1-2H3,(H2,22,26)(H2,23,24,25). The van der Waals surface area contributed by atoms with Gasteiger partial charge in [0, 0.05) is 13.1 Å². The lowest BCUT2D eigenvalue weighted by atomic mass is 10.1. The maximum Gasteiger partial charge on any atom is 0.255 e. The predicted molar refractivity (Wildman–Crippen MR) is 104 cm³/mol. The highest BCUT2D eigenvalue weighted by molar-refractivity contribution is 5.79. The summed E-state index contributed by atoms with van der Waals surface area (Å²) in [7, 11) is 0. The van der Waals surface area contributed by atoms with Gasteiger partial charge in [0.15, 0.2) is 12.6 Å². The Hall–Kier alpha value is -3.09. The van der Waals surface area contributed by atoms with Crippen LogP contribution in [0.4, 0.5) is 4.39 Å². The number of amides is 1. The lowest BCUT2D eigenvalue weighted by Gasteiger charge is -2.12. The summed E-state index contributed by atoms with van der Waals surface area (Å²) < 4.78 is 18.7. The smallest absolute Gasteiger partial charge is 0.255 e. The zero-order valence-electron chi connectivity index (χ0n) is 15.6. The molecule has 0 atom stereocenters. The summed E-state index contributed by atoms with van der Waals surface area (Å²) in [6.45, 7) is 5.26. The first-order valence-corrected chi connectivity index (χ1v) is 8.75. The molecule has 27 heavy (non-hydrogen) atoms. The molecule has 4 N–H and O–H groups in total. The number of rotatable bonds is 8. The molecule has 2 rings (SSSR count). The molecule has 0 aliphatic carbocycles. The highest BCUT2D eigenvalue weighted by Gasteiger charge is 2.03. The van der Waals surface area contributed by atoms with Gasteiger partial charge in [-0.15, -0.1) is 0 Å². The topological polar surface area (TPSA) is 88.7 Å². The molecule has 0 bridgehead atoms. The number of carbonyl (C=O) groups is 1. The number of aliphatic imine (C=N–C) groups is 1. The zero-order valence-corrected chi connectivity index (χ0v) is 15.6. The fourth-order valence-corrected chi connectivity index (χ4v) is 2.40. The minimum absolute atomic E-state index is 0.159. The fraction of sp³-hybridized carbons (Fsp3) is 0.300. The number of primary amides is 1. The largest absolute Gasteiger partial charge is 0.484 e. The molecule has 1 amide bonds. The Morgan fingerprint density at radius 1 is 1.19 bits per heavy atom. The van der Waals surface area contributed by atoms with Crippen molar-refractivity contribution in [3.05, 3.63) is 65.0 Å². The Kier molecular flexibility index (Phi) is 7.61. The van der Waals surface area contributed by atoms with Crippen molar-refractivity contribution in [3.63, 3.8) is 0 Å². The number of benzene rings is 2. The molecule has 0 heterocycles. The normalized spacial score (nSPS) is 11.1. The van der Waals surface area contributed by atoms with Gasteiger partial charge in [-0.3, -0.25) is 4.79 Å². The zero-order chi connectivity index (χ0) is 19.6. The third-order valence-electron chi connectivity index (χ3n) is 3.73. The van der Waals surface area contributed by atoms with Crippen LogP contribution >= 0.6 is 0 Å².